The number of benzene rings is 3. The zero-order chi connectivity index (χ0) is 23.2. The number of carbonyl (C=O) groups excluding carboxylic acids is 2. The van der Waals surface area contributed by atoms with Crippen molar-refractivity contribution in [2.45, 2.75) is 19.4 Å². The van der Waals surface area contributed by atoms with Crippen LogP contribution in [-0.2, 0) is 17.8 Å². The fourth-order valence-corrected chi connectivity index (χ4v) is 3.81. The average Bonchev–Trinajstić information content (AvgIpc) is 3.14. The number of fused-ring (bicyclic) bond motifs is 1. The quantitative estimate of drug-likeness (QED) is 0.367. The van der Waals surface area contributed by atoms with Crippen LogP contribution in [0.4, 0.5) is 10.1 Å². The number of aryl methyl sites for hydroxylation is 1. The molecule has 0 saturated heterocycles. The minimum atomic E-state index is -0.416. The minimum Gasteiger partial charge on any atom is -0.352 e. The van der Waals surface area contributed by atoms with Crippen LogP contribution in [0.1, 0.15) is 22.6 Å². The van der Waals surface area contributed by atoms with Gasteiger partial charge in [-0.2, -0.15) is 0 Å². The van der Waals surface area contributed by atoms with Gasteiger partial charge in [0.05, 0.1) is 21.6 Å². The summed E-state index contributed by atoms with van der Waals surface area (Å²) in [6.45, 7) is 0.473. The molecule has 0 aliphatic heterocycles. The highest BCUT2D eigenvalue weighted by atomic mass is 35.5. The van der Waals surface area contributed by atoms with Crippen molar-refractivity contribution in [1.29, 1.82) is 0 Å². The van der Waals surface area contributed by atoms with E-state index in [2.05, 4.69) is 15.6 Å². The Kier molecular flexibility index (Phi) is 7.00. The van der Waals surface area contributed by atoms with Gasteiger partial charge in [0.2, 0.25) is 5.91 Å². The topological polar surface area (TPSA) is 76.0 Å². The first-order valence-corrected chi connectivity index (χ1v) is 10.9. The molecule has 0 bridgehead atoms. The number of carbonyl (C=O) groups is 2. The number of halogens is 2. The van der Waals surface area contributed by atoms with E-state index < -0.39 is 5.82 Å². The maximum atomic E-state index is 13.4. The van der Waals surface area contributed by atoms with E-state index >= 15 is 0 Å². The van der Waals surface area contributed by atoms with Crippen LogP contribution in [0.2, 0.25) is 5.02 Å². The number of para-hydroxylation sites is 2. The van der Waals surface area contributed by atoms with Crippen LogP contribution in [0.3, 0.4) is 0 Å². The Bertz CT molecular complexity index is 1300. The lowest BCUT2D eigenvalue weighted by Gasteiger charge is -2.11. The molecule has 4 rings (SSSR count). The van der Waals surface area contributed by atoms with Crippen molar-refractivity contribution < 1.29 is 14.0 Å². The van der Waals surface area contributed by atoms with E-state index in [1.807, 2.05) is 28.8 Å². The zero-order valence-electron chi connectivity index (χ0n) is 17.7. The lowest BCUT2D eigenvalue weighted by Crippen LogP contribution is -2.25. The van der Waals surface area contributed by atoms with Gasteiger partial charge >= 0.3 is 0 Å². The molecule has 168 valence electrons. The van der Waals surface area contributed by atoms with Gasteiger partial charge in [0.25, 0.3) is 5.91 Å². The first-order valence-electron chi connectivity index (χ1n) is 10.5. The van der Waals surface area contributed by atoms with E-state index in [0.717, 1.165) is 16.9 Å². The second-order valence-corrected chi connectivity index (χ2v) is 7.91. The molecular weight excluding hydrogens is 443 g/mol. The van der Waals surface area contributed by atoms with Gasteiger partial charge in [-0.25, -0.2) is 9.37 Å². The summed E-state index contributed by atoms with van der Waals surface area (Å²) in [6.07, 6.45) is 1.19. The van der Waals surface area contributed by atoms with Crippen molar-refractivity contribution >= 4 is 40.1 Å². The second kappa shape index (κ2) is 10.3. The van der Waals surface area contributed by atoms with E-state index in [4.69, 9.17) is 11.6 Å². The number of hydrogen-bond donors (Lipinski definition) is 2. The molecule has 4 aromatic rings. The number of nitrogens with zero attached hydrogens (tertiary/aromatic N) is 2. The van der Waals surface area contributed by atoms with Crippen LogP contribution < -0.4 is 10.6 Å². The number of nitrogens with one attached hydrogen (secondary N) is 2. The number of amides is 2. The standard InChI is InChI=1S/C25H22ClFN4O2/c26-20-10-2-1-9-19(20)25(33)28-14-6-13-23-30-21-11-3-4-12-22(21)31(23)16-24(32)29-18-8-5-7-17(27)15-18/h1-5,7-12,15H,6,13-14,16H2,(H,28,33)(H,29,32). The van der Waals surface area contributed by atoms with E-state index in [-0.39, 0.29) is 18.4 Å². The Balaban J connectivity index is 1.42. The molecule has 0 spiro atoms. The van der Waals surface area contributed by atoms with Gasteiger partial charge in [0.15, 0.2) is 0 Å². The van der Waals surface area contributed by atoms with Crippen LogP contribution in [0.15, 0.2) is 72.8 Å². The van der Waals surface area contributed by atoms with Crippen molar-refractivity contribution in [3.63, 3.8) is 0 Å². The molecule has 0 unspecified atom stereocenters. The second-order valence-electron chi connectivity index (χ2n) is 7.50. The largest absolute Gasteiger partial charge is 0.352 e. The van der Waals surface area contributed by atoms with E-state index in [9.17, 15) is 14.0 Å². The first kappa shape index (κ1) is 22.5. The zero-order valence-corrected chi connectivity index (χ0v) is 18.5. The van der Waals surface area contributed by atoms with Crippen LogP contribution in [0, 0.1) is 5.82 Å². The summed E-state index contributed by atoms with van der Waals surface area (Å²) in [6, 6.07) is 20.2. The van der Waals surface area contributed by atoms with Crippen molar-refractivity contribution in [3.05, 3.63) is 95.0 Å². The summed E-state index contributed by atoms with van der Waals surface area (Å²) in [7, 11) is 0. The van der Waals surface area contributed by atoms with Gasteiger partial charge in [-0.3, -0.25) is 9.59 Å². The Morgan fingerprint density at radius 3 is 2.61 bits per heavy atom. The van der Waals surface area contributed by atoms with Crippen molar-refractivity contribution in [1.82, 2.24) is 14.9 Å². The third-order valence-electron chi connectivity index (χ3n) is 5.12. The normalized spacial score (nSPS) is 10.8. The fourth-order valence-electron chi connectivity index (χ4n) is 3.59. The van der Waals surface area contributed by atoms with Gasteiger partial charge < -0.3 is 15.2 Å². The Hall–Kier alpha value is -3.71. The van der Waals surface area contributed by atoms with E-state index in [0.29, 0.717) is 35.7 Å². The number of hydrogen-bond acceptors (Lipinski definition) is 3. The summed E-state index contributed by atoms with van der Waals surface area (Å²) in [5.74, 6) is -0.196. The maximum Gasteiger partial charge on any atom is 0.252 e. The summed E-state index contributed by atoms with van der Waals surface area (Å²) in [5, 5.41) is 5.99. The first-order chi connectivity index (χ1) is 16.0. The van der Waals surface area contributed by atoms with E-state index in [1.54, 1.807) is 36.4 Å². The predicted octanol–water partition coefficient (Wildman–Crippen LogP) is 4.83. The molecule has 0 atom stereocenters. The third-order valence-corrected chi connectivity index (χ3v) is 5.45. The predicted molar refractivity (Wildman–Crippen MR) is 127 cm³/mol. The summed E-state index contributed by atoms with van der Waals surface area (Å²) < 4.78 is 15.3. The van der Waals surface area contributed by atoms with E-state index in [1.165, 1.54) is 12.1 Å². The highest BCUT2D eigenvalue weighted by molar-refractivity contribution is 6.33. The third kappa shape index (κ3) is 5.56. The van der Waals surface area contributed by atoms with Gasteiger partial charge in [-0.15, -0.1) is 0 Å². The monoisotopic (exact) mass is 464 g/mol. The molecule has 2 N–H and O–H groups in total. The molecular formula is C25H22ClFN4O2. The molecule has 2 amide bonds. The Morgan fingerprint density at radius 2 is 1.79 bits per heavy atom. The lowest BCUT2D eigenvalue weighted by molar-refractivity contribution is -0.116. The van der Waals surface area contributed by atoms with Crippen LogP contribution in [-0.4, -0.2) is 27.9 Å². The van der Waals surface area contributed by atoms with Gasteiger partial charge in [0.1, 0.15) is 18.2 Å². The number of aromatic nitrogens is 2. The maximum absolute atomic E-state index is 13.4. The molecule has 8 heteroatoms. The SMILES string of the molecule is O=C(Cn1c(CCCNC(=O)c2ccccc2Cl)nc2ccccc21)Nc1cccc(F)c1. The van der Waals surface area contributed by atoms with Gasteiger partial charge in [-0.05, 0) is 48.9 Å². The Labute approximate surface area is 195 Å². The molecule has 0 aliphatic rings. The lowest BCUT2D eigenvalue weighted by atomic mass is 10.2. The number of anilines is 1. The van der Waals surface area contributed by atoms with Crippen molar-refractivity contribution in [2.75, 3.05) is 11.9 Å². The smallest absolute Gasteiger partial charge is 0.252 e. The van der Waals surface area contributed by atoms with Gasteiger partial charge in [0, 0.05) is 18.7 Å². The number of rotatable bonds is 8. The molecule has 33 heavy (non-hydrogen) atoms. The molecule has 1 aromatic heterocycles. The summed E-state index contributed by atoms with van der Waals surface area (Å²) in [5.41, 5.74) is 2.45. The van der Waals surface area contributed by atoms with Gasteiger partial charge in [-0.1, -0.05) is 41.9 Å². The molecule has 0 saturated carbocycles. The van der Waals surface area contributed by atoms with Crippen LogP contribution >= 0.6 is 11.6 Å². The highest BCUT2D eigenvalue weighted by Crippen LogP contribution is 2.18. The fraction of sp³-hybridized carbons (Fsp3) is 0.160. The molecule has 1 heterocycles. The van der Waals surface area contributed by atoms with Crippen molar-refractivity contribution in [2.24, 2.45) is 0 Å². The minimum absolute atomic E-state index is 0.0400. The van der Waals surface area contributed by atoms with Crippen LogP contribution in [0.5, 0.6) is 0 Å². The average molecular weight is 465 g/mol. The highest BCUT2D eigenvalue weighted by Gasteiger charge is 2.14. The molecule has 3 aromatic carbocycles. The summed E-state index contributed by atoms with van der Waals surface area (Å²) >= 11 is 6.08. The molecule has 0 aliphatic carbocycles. The molecule has 0 fully saturated rings. The Morgan fingerprint density at radius 1 is 1.00 bits per heavy atom. The van der Waals surface area contributed by atoms with Crippen molar-refractivity contribution in [3.8, 4) is 0 Å². The molecule has 0 radical (unpaired) electrons. The molecule has 6 nitrogen and oxygen atoms in total. The summed E-state index contributed by atoms with van der Waals surface area (Å²) in [4.78, 5) is 29.6. The van der Waals surface area contributed by atoms with Crippen LogP contribution in [0.25, 0.3) is 11.0 Å². The number of imidazole rings is 1.